The highest BCUT2D eigenvalue weighted by Gasteiger charge is 2.25. The molecule has 2 amide bonds. The minimum absolute atomic E-state index is 0.00732. The van der Waals surface area contributed by atoms with Gasteiger partial charge < -0.3 is 15.9 Å². The summed E-state index contributed by atoms with van der Waals surface area (Å²) in [5.41, 5.74) is 4.94. The summed E-state index contributed by atoms with van der Waals surface area (Å²) in [4.78, 5) is 36.7. The molecule has 2 unspecified atom stereocenters. The van der Waals surface area contributed by atoms with Gasteiger partial charge in [-0.2, -0.15) is 0 Å². The zero-order valence-corrected chi connectivity index (χ0v) is 9.96. The first kappa shape index (κ1) is 14.2. The molecule has 0 radical (unpaired) electrons. The Hall–Kier alpha value is -1.86. The van der Waals surface area contributed by atoms with E-state index in [4.69, 9.17) is 5.73 Å². The molecule has 1 fully saturated rings. The Morgan fingerprint density at radius 1 is 1.39 bits per heavy atom. The summed E-state index contributed by atoms with van der Waals surface area (Å²) in [6.45, 7) is 0. The van der Waals surface area contributed by atoms with Gasteiger partial charge in [0.1, 0.15) is 6.10 Å². The zero-order valence-electron chi connectivity index (χ0n) is 9.96. The van der Waals surface area contributed by atoms with Gasteiger partial charge in [0.15, 0.2) is 0 Å². The number of hydrogen-bond acceptors (Lipinski definition) is 5. The third-order valence-corrected chi connectivity index (χ3v) is 2.82. The van der Waals surface area contributed by atoms with Crippen LogP contribution in [0.2, 0.25) is 0 Å². The quantitative estimate of drug-likeness (QED) is 0.508. The molecular formula is C10H17N3O5. The fourth-order valence-corrected chi connectivity index (χ4v) is 2.03. The molecule has 0 bridgehead atoms. The highest BCUT2D eigenvalue weighted by atomic mass is 17.0. The van der Waals surface area contributed by atoms with Crippen molar-refractivity contribution in [2.75, 3.05) is 0 Å². The molecule has 0 heterocycles. The van der Waals surface area contributed by atoms with Gasteiger partial charge in [-0.3, -0.25) is 9.59 Å². The molecule has 0 aromatic rings. The lowest BCUT2D eigenvalue weighted by Gasteiger charge is -2.28. The van der Waals surface area contributed by atoms with Crippen LogP contribution in [-0.2, 0) is 14.4 Å². The molecule has 18 heavy (non-hydrogen) atoms. The van der Waals surface area contributed by atoms with E-state index in [0.717, 1.165) is 12.8 Å². The molecule has 8 heteroatoms. The Kier molecular flexibility index (Phi) is 5.34. The molecule has 102 valence electrons. The van der Waals surface area contributed by atoms with Crippen LogP contribution in [0.3, 0.4) is 0 Å². The molecule has 0 aromatic heterocycles. The standard InChI is InChI=1S/C10H17N3O5/c11-9(14)4-5-10(15)12-7-2-1-3-8(6-7)18-13(16)17/h7-8H,1-6H2,(H2,11,14)(H,12,15). The summed E-state index contributed by atoms with van der Waals surface area (Å²) < 4.78 is 0. The molecule has 1 saturated carbocycles. The predicted molar refractivity (Wildman–Crippen MR) is 60.7 cm³/mol. The van der Waals surface area contributed by atoms with E-state index in [-0.39, 0.29) is 24.8 Å². The molecule has 0 spiro atoms. The number of carbonyl (C=O) groups excluding carboxylic acids is 2. The van der Waals surface area contributed by atoms with E-state index >= 15 is 0 Å². The van der Waals surface area contributed by atoms with Crippen molar-refractivity contribution in [3.05, 3.63) is 10.1 Å². The van der Waals surface area contributed by atoms with Crippen molar-refractivity contribution < 1.29 is 19.5 Å². The highest BCUT2D eigenvalue weighted by Crippen LogP contribution is 2.21. The summed E-state index contributed by atoms with van der Waals surface area (Å²) in [7, 11) is 0. The third kappa shape index (κ3) is 5.46. The molecule has 0 aliphatic heterocycles. The number of nitrogens with one attached hydrogen (secondary N) is 1. The number of primary amides is 1. The lowest BCUT2D eigenvalue weighted by atomic mass is 9.93. The lowest BCUT2D eigenvalue weighted by Crippen LogP contribution is -2.41. The van der Waals surface area contributed by atoms with E-state index in [1.165, 1.54) is 0 Å². The average molecular weight is 259 g/mol. The monoisotopic (exact) mass is 259 g/mol. The summed E-state index contributed by atoms with van der Waals surface area (Å²) in [5, 5.41) is 12.1. The number of hydrogen-bond donors (Lipinski definition) is 2. The van der Waals surface area contributed by atoms with Gasteiger partial charge in [-0.25, -0.2) is 0 Å². The molecule has 3 N–H and O–H groups in total. The van der Waals surface area contributed by atoms with Gasteiger partial charge in [0, 0.05) is 18.9 Å². The van der Waals surface area contributed by atoms with Crippen LogP contribution >= 0.6 is 0 Å². The normalized spacial score (nSPS) is 23.1. The predicted octanol–water partition coefficient (Wildman–Crippen LogP) is -0.112. The van der Waals surface area contributed by atoms with Crippen molar-refractivity contribution in [2.24, 2.45) is 5.73 Å². The van der Waals surface area contributed by atoms with E-state index in [2.05, 4.69) is 10.2 Å². The highest BCUT2D eigenvalue weighted by molar-refractivity contribution is 5.82. The van der Waals surface area contributed by atoms with Gasteiger partial charge in [0.25, 0.3) is 5.09 Å². The molecule has 0 saturated heterocycles. The van der Waals surface area contributed by atoms with Crippen LogP contribution in [0.4, 0.5) is 0 Å². The largest absolute Gasteiger partial charge is 0.370 e. The number of carbonyl (C=O) groups is 2. The smallest absolute Gasteiger partial charge is 0.294 e. The van der Waals surface area contributed by atoms with Crippen molar-refractivity contribution >= 4 is 11.8 Å². The second kappa shape index (κ2) is 6.77. The van der Waals surface area contributed by atoms with Crippen molar-refractivity contribution in [1.82, 2.24) is 5.32 Å². The maximum atomic E-state index is 11.5. The Morgan fingerprint density at radius 3 is 2.72 bits per heavy atom. The fraction of sp³-hybridized carbons (Fsp3) is 0.800. The van der Waals surface area contributed by atoms with Gasteiger partial charge in [-0.15, -0.1) is 10.1 Å². The van der Waals surface area contributed by atoms with Crippen LogP contribution in [0, 0.1) is 10.1 Å². The van der Waals surface area contributed by atoms with E-state index < -0.39 is 17.1 Å². The summed E-state index contributed by atoms with van der Waals surface area (Å²) in [6.07, 6.45) is 2.16. The zero-order chi connectivity index (χ0) is 13.5. The van der Waals surface area contributed by atoms with Gasteiger partial charge in [0.2, 0.25) is 11.8 Å². The van der Waals surface area contributed by atoms with E-state index in [9.17, 15) is 19.7 Å². The van der Waals surface area contributed by atoms with Crippen molar-refractivity contribution in [2.45, 2.75) is 50.7 Å². The van der Waals surface area contributed by atoms with Crippen molar-refractivity contribution in [3.63, 3.8) is 0 Å². The van der Waals surface area contributed by atoms with Crippen LogP contribution in [0.25, 0.3) is 0 Å². The Bertz CT molecular complexity index is 333. The average Bonchev–Trinajstić information content (AvgIpc) is 2.26. The second-order valence-electron chi connectivity index (χ2n) is 4.35. The summed E-state index contributed by atoms with van der Waals surface area (Å²) >= 11 is 0. The number of nitrogens with zero attached hydrogens (tertiary/aromatic N) is 1. The topological polar surface area (TPSA) is 125 Å². The number of amides is 2. The minimum Gasteiger partial charge on any atom is -0.370 e. The molecule has 0 aromatic carbocycles. The second-order valence-corrected chi connectivity index (χ2v) is 4.35. The van der Waals surface area contributed by atoms with Crippen LogP contribution < -0.4 is 11.1 Å². The first-order valence-electron chi connectivity index (χ1n) is 5.86. The Balaban J connectivity index is 2.31. The van der Waals surface area contributed by atoms with Crippen LogP contribution in [-0.4, -0.2) is 29.0 Å². The molecule has 2 atom stereocenters. The number of rotatable bonds is 6. The number of nitrogens with two attached hydrogens (primary N) is 1. The minimum atomic E-state index is -0.804. The SMILES string of the molecule is NC(=O)CCC(=O)NC1CCCC(O[N+](=O)[O-])C1. The fourth-order valence-electron chi connectivity index (χ4n) is 2.03. The van der Waals surface area contributed by atoms with Gasteiger partial charge in [0.05, 0.1) is 0 Å². The third-order valence-electron chi connectivity index (χ3n) is 2.82. The van der Waals surface area contributed by atoms with Gasteiger partial charge in [-0.05, 0) is 25.7 Å². The maximum absolute atomic E-state index is 11.5. The molecule has 1 aliphatic carbocycles. The summed E-state index contributed by atoms with van der Waals surface area (Å²) in [5.74, 6) is -0.788. The first-order valence-corrected chi connectivity index (χ1v) is 5.86. The Labute approximate surface area is 104 Å². The van der Waals surface area contributed by atoms with Crippen LogP contribution in [0.1, 0.15) is 38.5 Å². The Morgan fingerprint density at radius 2 is 2.11 bits per heavy atom. The van der Waals surface area contributed by atoms with Gasteiger partial charge >= 0.3 is 0 Å². The van der Waals surface area contributed by atoms with E-state index in [1.807, 2.05) is 0 Å². The maximum Gasteiger partial charge on any atom is 0.294 e. The molecule has 1 aliphatic rings. The van der Waals surface area contributed by atoms with E-state index in [1.54, 1.807) is 0 Å². The lowest BCUT2D eigenvalue weighted by molar-refractivity contribution is -0.769. The molecular weight excluding hydrogens is 242 g/mol. The molecule has 1 rings (SSSR count). The molecule has 8 nitrogen and oxygen atoms in total. The van der Waals surface area contributed by atoms with Crippen LogP contribution in [0.5, 0.6) is 0 Å². The van der Waals surface area contributed by atoms with Crippen molar-refractivity contribution in [3.8, 4) is 0 Å². The van der Waals surface area contributed by atoms with Crippen molar-refractivity contribution in [1.29, 1.82) is 0 Å². The van der Waals surface area contributed by atoms with Crippen LogP contribution in [0.15, 0.2) is 0 Å². The summed E-state index contributed by atoms with van der Waals surface area (Å²) in [6, 6.07) is -0.135. The van der Waals surface area contributed by atoms with Gasteiger partial charge in [-0.1, -0.05) is 0 Å². The first-order chi connectivity index (χ1) is 8.47. The van der Waals surface area contributed by atoms with E-state index in [0.29, 0.717) is 12.8 Å².